The van der Waals surface area contributed by atoms with Gasteiger partial charge in [-0.2, -0.15) is 0 Å². The lowest BCUT2D eigenvalue weighted by molar-refractivity contribution is 0.0774. The third-order valence-corrected chi connectivity index (χ3v) is 4.39. The van der Waals surface area contributed by atoms with E-state index in [1.54, 1.807) is 0 Å². The quantitative estimate of drug-likeness (QED) is 0.780. The van der Waals surface area contributed by atoms with Crippen molar-refractivity contribution in [2.45, 2.75) is 31.8 Å². The van der Waals surface area contributed by atoms with E-state index in [-0.39, 0.29) is 0 Å². The Morgan fingerprint density at radius 3 is 2.56 bits per heavy atom. The number of ether oxygens (including phenoxy) is 1. The summed E-state index contributed by atoms with van der Waals surface area (Å²) in [4.78, 5) is 4.97. The summed E-state index contributed by atoms with van der Waals surface area (Å²) >= 11 is 0. The fourth-order valence-electron chi connectivity index (χ4n) is 3.23. The minimum atomic E-state index is 0.684. The highest BCUT2D eigenvalue weighted by Crippen LogP contribution is 2.19. The molecule has 0 aromatic carbocycles. The zero-order chi connectivity index (χ0) is 13.0. The molecular weight excluding hydrogens is 226 g/mol. The molecule has 2 heterocycles. The van der Waals surface area contributed by atoms with E-state index < -0.39 is 0 Å². The van der Waals surface area contributed by atoms with Crippen molar-refractivity contribution < 1.29 is 4.74 Å². The molecule has 0 spiro atoms. The summed E-state index contributed by atoms with van der Waals surface area (Å²) < 4.78 is 5.38. The van der Waals surface area contributed by atoms with Gasteiger partial charge in [-0.25, -0.2) is 0 Å². The van der Waals surface area contributed by atoms with E-state index in [4.69, 9.17) is 4.74 Å². The molecule has 4 heteroatoms. The summed E-state index contributed by atoms with van der Waals surface area (Å²) in [5.41, 5.74) is 0. The van der Waals surface area contributed by atoms with Crippen molar-refractivity contribution in [3.05, 3.63) is 0 Å². The van der Waals surface area contributed by atoms with Gasteiger partial charge in [-0.05, 0) is 32.9 Å². The molecular formula is C14H29N3O. The summed E-state index contributed by atoms with van der Waals surface area (Å²) in [6.45, 7) is 9.02. The van der Waals surface area contributed by atoms with Gasteiger partial charge in [0.2, 0.25) is 0 Å². The van der Waals surface area contributed by atoms with Gasteiger partial charge in [0.15, 0.2) is 0 Å². The molecule has 2 atom stereocenters. The second-order valence-electron chi connectivity index (χ2n) is 6.11. The van der Waals surface area contributed by atoms with Gasteiger partial charge in [0, 0.05) is 51.5 Å². The second-order valence-corrected chi connectivity index (χ2v) is 6.11. The molecule has 0 saturated carbocycles. The van der Waals surface area contributed by atoms with Crippen LogP contribution in [0.3, 0.4) is 0 Å². The average Bonchev–Trinajstić information content (AvgIpc) is 2.72. The average molecular weight is 255 g/mol. The number of rotatable bonds is 5. The van der Waals surface area contributed by atoms with Crippen LogP contribution in [0, 0.1) is 5.92 Å². The molecule has 0 radical (unpaired) electrons. The third-order valence-electron chi connectivity index (χ3n) is 4.39. The zero-order valence-electron chi connectivity index (χ0n) is 12.2. The maximum absolute atomic E-state index is 5.38. The number of nitrogens with one attached hydrogen (secondary N) is 1. The van der Waals surface area contributed by atoms with Crippen LogP contribution < -0.4 is 5.32 Å². The Balaban J connectivity index is 1.62. The highest BCUT2D eigenvalue weighted by molar-refractivity contribution is 4.86. The predicted octanol–water partition coefficient (Wildman–Crippen LogP) is 0.637. The van der Waals surface area contributed by atoms with E-state index >= 15 is 0 Å². The fourth-order valence-corrected chi connectivity index (χ4v) is 3.23. The Labute approximate surface area is 112 Å². The summed E-state index contributed by atoms with van der Waals surface area (Å²) in [7, 11) is 4.40. The number of likely N-dealkylation sites (tertiary alicyclic amines) is 1. The molecule has 106 valence electrons. The van der Waals surface area contributed by atoms with Crippen molar-refractivity contribution in [3.8, 4) is 0 Å². The molecule has 2 aliphatic rings. The van der Waals surface area contributed by atoms with Crippen LogP contribution in [-0.2, 0) is 4.74 Å². The van der Waals surface area contributed by atoms with Crippen LogP contribution in [0.15, 0.2) is 0 Å². The lowest BCUT2D eigenvalue weighted by atomic mass is 10.1. The van der Waals surface area contributed by atoms with Crippen LogP contribution in [0.25, 0.3) is 0 Å². The van der Waals surface area contributed by atoms with Crippen molar-refractivity contribution in [3.63, 3.8) is 0 Å². The van der Waals surface area contributed by atoms with Crippen LogP contribution in [0.5, 0.6) is 0 Å². The number of likely N-dealkylation sites (N-methyl/N-ethyl adjacent to an activating group) is 1. The fraction of sp³-hybridized carbons (Fsp3) is 1.00. The standard InChI is InChI=1S/C14H29N3O/c1-12-10-17(11-14(12)16(2)3)7-6-15-13-4-8-18-9-5-13/h12-15H,4-11H2,1-3H3. The van der Waals surface area contributed by atoms with E-state index in [2.05, 4.69) is 36.1 Å². The van der Waals surface area contributed by atoms with Crippen molar-refractivity contribution in [1.82, 2.24) is 15.1 Å². The molecule has 0 aliphatic carbocycles. The van der Waals surface area contributed by atoms with Crippen LogP contribution >= 0.6 is 0 Å². The van der Waals surface area contributed by atoms with Crippen LogP contribution in [-0.4, -0.2) is 75.4 Å². The van der Waals surface area contributed by atoms with Gasteiger partial charge in [-0.3, -0.25) is 0 Å². The summed E-state index contributed by atoms with van der Waals surface area (Å²) in [6, 6.07) is 1.41. The first-order valence-corrected chi connectivity index (χ1v) is 7.36. The Hall–Kier alpha value is -0.160. The molecule has 2 saturated heterocycles. The van der Waals surface area contributed by atoms with Crippen molar-refractivity contribution in [1.29, 1.82) is 0 Å². The van der Waals surface area contributed by atoms with Crippen LogP contribution in [0.2, 0.25) is 0 Å². The van der Waals surface area contributed by atoms with Crippen LogP contribution in [0.4, 0.5) is 0 Å². The smallest absolute Gasteiger partial charge is 0.0480 e. The predicted molar refractivity (Wildman–Crippen MR) is 74.9 cm³/mol. The van der Waals surface area contributed by atoms with Gasteiger partial charge in [-0.15, -0.1) is 0 Å². The molecule has 1 N–H and O–H groups in total. The topological polar surface area (TPSA) is 27.7 Å². The van der Waals surface area contributed by atoms with E-state index in [0.717, 1.165) is 31.7 Å². The second kappa shape index (κ2) is 6.85. The number of hydrogen-bond donors (Lipinski definition) is 1. The number of nitrogens with zero attached hydrogens (tertiary/aromatic N) is 2. The molecule has 18 heavy (non-hydrogen) atoms. The molecule has 2 aliphatic heterocycles. The van der Waals surface area contributed by atoms with Gasteiger partial charge in [0.25, 0.3) is 0 Å². The Bertz CT molecular complexity index is 241. The zero-order valence-corrected chi connectivity index (χ0v) is 12.2. The van der Waals surface area contributed by atoms with Gasteiger partial charge in [-0.1, -0.05) is 6.92 Å². The van der Waals surface area contributed by atoms with Gasteiger partial charge in [0.05, 0.1) is 0 Å². The monoisotopic (exact) mass is 255 g/mol. The first-order chi connectivity index (χ1) is 8.66. The highest BCUT2D eigenvalue weighted by atomic mass is 16.5. The van der Waals surface area contributed by atoms with Crippen molar-refractivity contribution in [2.24, 2.45) is 5.92 Å². The molecule has 2 rings (SSSR count). The maximum atomic E-state index is 5.38. The molecule has 2 fully saturated rings. The molecule has 0 aromatic heterocycles. The molecule has 4 nitrogen and oxygen atoms in total. The lowest BCUT2D eigenvalue weighted by Crippen LogP contribution is -2.40. The Morgan fingerprint density at radius 1 is 1.22 bits per heavy atom. The number of hydrogen-bond acceptors (Lipinski definition) is 4. The summed E-state index contributed by atoms with van der Waals surface area (Å²) in [5.74, 6) is 0.795. The van der Waals surface area contributed by atoms with Crippen molar-refractivity contribution in [2.75, 3.05) is 53.5 Å². The van der Waals surface area contributed by atoms with E-state index in [1.165, 1.54) is 32.5 Å². The SMILES string of the molecule is CC1CN(CCNC2CCOCC2)CC1N(C)C. The van der Waals surface area contributed by atoms with Gasteiger partial charge < -0.3 is 19.9 Å². The molecule has 0 bridgehead atoms. The Kier molecular flexibility index (Phi) is 5.42. The third kappa shape index (κ3) is 3.92. The Morgan fingerprint density at radius 2 is 1.94 bits per heavy atom. The minimum absolute atomic E-state index is 0.684. The van der Waals surface area contributed by atoms with Crippen LogP contribution in [0.1, 0.15) is 19.8 Å². The molecule has 0 aromatic rings. The van der Waals surface area contributed by atoms with Crippen molar-refractivity contribution >= 4 is 0 Å². The first-order valence-electron chi connectivity index (χ1n) is 7.36. The summed E-state index contributed by atoms with van der Waals surface area (Å²) in [6.07, 6.45) is 2.35. The molecule has 0 amide bonds. The maximum Gasteiger partial charge on any atom is 0.0480 e. The van der Waals surface area contributed by atoms with E-state index in [9.17, 15) is 0 Å². The van der Waals surface area contributed by atoms with E-state index in [1.807, 2.05) is 0 Å². The first kappa shape index (κ1) is 14.3. The lowest BCUT2D eigenvalue weighted by Gasteiger charge is -2.25. The highest BCUT2D eigenvalue weighted by Gasteiger charge is 2.30. The van der Waals surface area contributed by atoms with Gasteiger partial charge in [0.1, 0.15) is 0 Å². The van der Waals surface area contributed by atoms with Gasteiger partial charge >= 0.3 is 0 Å². The van der Waals surface area contributed by atoms with E-state index in [0.29, 0.717) is 6.04 Å². The molecule has 2 unspecified atom stereocenters. The largest absolute Gasteiger partial charge is 0.381 e. The minimum Gasteiger partial charge on any atom is -0.381 e. The normalized spacial score (nSPS) is 31.3. The summed E-state index contributed by atoms with van der Waals surface area (Å²) in [5, 5.41) is 3.67.